The van der Waals surface area contributed by atoms with Gasteiger partial charge in [-0.2, -0.15) is 0 Å². The van der Waals surface area contributed by atoms with Gasteiger partial charge in [0.15, 0.2) is 0 Å². The second-order valence-corrected chi connectivity index (χ2v) is 5.00. The van der Waals surface area contributed by atoms with E-state index in [2.05, 4.69) is 0 Å². The molecule has 1 fully saturated rings. The summed E-state index contributed by atoms with van der Waals surface area (Å²) in [4.78, 5) is 23.8. The van der Waals surface area contributed by atoms with Crippen LogP contribution in [0.4, 0.5) is 0 Å². The van der Waals surface area contributed by atoms with Crippen molar-refractivity contribution in [2.75, 3.05) is 12.3 Å². The van der Waals surface area contributed by atoms with E-state index < -0.39 is 5.97 Å². The van der Waals surface area contributed by atoms with Crippen LogP contribution in [0.3, 0.4) is 0 Å². The largest absolute Gasteiger partial charge is 0.480 e. The second-order valence-electron chi connectivity index (χ2n) is 3.94. The van der Waals surface area contributed by atoms with Gasteiger partial charge in [0.2, 0.25) is 5.91 Å². The van der Waals surface area contributed by atoms with Crippen molar-refractivity contribution in [3.05, 3.63) is 35.4 Å². The van der Waals surface area contributed by atoms with Crippen molar-refractivity contribution in [2.45, 2.75) is 12.3 Å². The van der Waals surface area contributed by atoms with E-state index >= 15 is 0 Å². The van der Waals surface area contributed by atoms with Gasteiger partial charge in [-0.25, -0.2) is 0 Å². The van der Waals surface area contributed by atoms with E-state index in [0.29, 0.717) is 5.75 Å². The van der Waals surface area contributed by atoms with Crippen molar-refractivity contribution < 1.29 is 14.7 Å². The smallest absolute Gasteiger partial charge is 0.323 e. The molecule has 0 saturated carbocycles. The molecule has 1 amide bonds. The number of amides is 1. The number of carboxylic acids is 1. The van der Waals surface area contributed by atoms with Gasteiger partial charge in [0.1, 0.15) is 11.9 Å². The Kier molecular flexibility index (Phi) is 3.38. The van der Waals surface area contributed by atoms with Crippen molar-refractivity contribution >= 4 is 23.6 Å². The van der Waals surface area contributed by atoms with Crippen LogP contribution in [0.5, 0.6) is 0 Å². The first-order valence-electron chi connectivity index (χ1n) is 5.28. The lowest BCUT2D eigenvalue weighted by molar-refractivity contribution is -0.143. The summed E-state index contributed by atoms with van der Waals surface area (Å²) >= 11 is 1.48. The zero-order valence-corrected chi connectivity index (χ0v) is 10.2. The predicted molar refractivity (Wildman–Crippen MR) is 65.7 cm³/mol. The average Bonchev–Trinajstić information content (AvgIpc) is 2.61. The number of aliphatic carboxylic acids is 1. The van der Waals surface area contributed by atoms with Gasteiger partial charge in [0, 0.05) is 0 Å². The van der Waals surface area contributed by atoms with Gasteiger partial charge in [-0.1, -0.05) is 24.3 Å². The molecule has 1 aromatic rings. The third-order valence-electron chi connectivity index (χ3n) is 2.73. The number of hydrogen-bond acceptors (Lipinski definition) is 3. The highest BCUT2D eigenvalue weighted by atomic mass is 32.2. The van der Waals surface area contributed by atoms with Crippen LogP contribution in [-0.2, 0) is 9.59 Å². The van der Waals surface area contributed by atoms with E-state index in [1.54, 1.807) is 0 Å². The molecule has 1 heterocycles. The molecule has 1 aliphatic heterocycles. The number of carboxylic acid groups (broad SMARTS) is 1. The van der Waals surface area contributed by atoms with Gasteiger partial charge in [-0.15, -0.1) is 11.8 Å². The van der Waals surface area contributed by atoms with Gasteiger partial charge in [-0.05, 0) is 18.1 Å². The van der Waals surface area contributed by atoms with Crippen molar-refractivity contribution in [2.24, 2.45) is 0 Å². The van der Waals surface area contributed by atoms with Crippen LogP contribution in [0.2, 0.25) is 0 Å². The minimum absolute atomic E-state index is 0.106. The van der Waals surface area contributed by atoms with Crippen LogP contribution in [0.15, 0.2) is 24.3 Å². The van der Waals surface area contributed by atoms with Crippen molar-refractivity contribution in [3.8, 4) is 0 Å². The van der Waals surface area contributed by atoms with E-state index in [-0.39, 0.29) is 17.8 Å². The zero-order chi connectivity index (χ0) is 12.4. The normalized spacial score (nSPS) is 19.7. The first kappa shape index (κ1) is 12.0. The van der Waals surface area contributed by atoms with Crippen LogP contribution in [0, 0.1) is 6.92 Å². The molecule has 0 bridgehead atoms. The van der Waals surface area contributed by atoms with E-state index in [9.17, 15) is 9.59 Å². The molecule has 1 N–H and O–H groups in total. The lowest BCUT2D eigenvalue weighted by Crippen LogP contribution is -2.33. The number of carbonyl (C=O) groups excluding carboxylic acids is 1. The van der Waals surface area contributed by atoms with Gasteiger partial charge in [0.25, 0.3) is 0 Å². The number of hydrogen-bond donors (Lipinski definition) is 1. The molecular weight excluding hydrogens is 238 g/mol. The molecule has 0 radical (unpaired) electrons. The molecular formula is C12H13NO3S. The molecule has 0 spiro atoms. The lowest BCUT2D eigenvalue weighted by atomic mass is 10.1. The summed E-state index contributed by atoms with van der Waals surface area (Å²) < 4.78 is 0. The van der Waals surface area contributed by atoms with Crippen LogP contribution in [0.1, 0.15) is 16.5 Å². The summed E-state index contributed by atoms with van der Waals surface area (Å²) in [5.41, 5.74) is 2.10. The SMILES string of the molecule is Cc1ccccc1[C@@H]1SCC(=O)N1CC(=O)O. The Morgan fingerprint density at radius 1 is 1.53 bits per heavy atom. The van der Waals surface area contributed by atoms with E-state index in [0.717, 1.165) is 11.1 Å². The number of rotatable bonds is 3. The highest BCUT2D eigenvalue weighted by molar-refractivity contribution is 8.00. The molecule has 0 aromatic heterocycles. The maximum absolute atomic E-state index is 11.6. The molecule has 2 rings (SSSR count). The highest BCUT2D eigenvalue weighted by Gasteiger charge is 2.34. The number of benzene rings is 1. The molecule has 1 aliphatic rings. The fourth-order valence-electron chi connectivity index (χ4n) is 1.89. The Morgan fingerprint density at radius 2 is 2.24 bits per heavy atom. The summed E-state index contributed by atoms with van der Waals surface area (Å²) in [6.45, 7) is 1.74. The van der Waals surface area contributed by atoms with E-state index in [1.165, 1.54) is 16.7 Å². The topological polar surface area (TPSA) is 57.6 Å². The standard InChI is InChI=1S/C12H13NO3S/c1-8-4-2-3-5-9(8)12-13(6-11(15)16)10(14)7-17-12/h2-5,12H,6-7H2,1H3,(H,15,16)/t12-/m0/s1. The van der Waals surface area contributed by atoms with Crippen LogP contribution in [-0.4, -0.2) is 34.2 Å². The summed E-state index contributed by atoms with van der Waals surface area (Å²) in [6, 6.07) is 7.75. The summed E-state index contributed by atoms with van der Waals surface area (Å²) in [7, 11) is 0. The maximum Gasteiger partial charge on any atom is 0.323 e. The monoisotopic (exact) mass is 251 g/mol. The molecule has 1 aromatic carbocycles. The second kappa shape index (κ2) is 4.79. The maximum atomic E-state index is 11.6. The third-order valence-corrected chi connectivity index (χ3v) is 3.97. The van der Waals surface area contributed by atoms with Crippen molar-refractivity contribution in [1.82, 2.24) is 4.90 Å². The zero-order valence-electron chi connectivity index (χ0n) is 9.42. The minimum Gasteiger partial charge on any atom is -0.480 e. The molecule has 1 saturated heterocycles. The lowest BCUT2D eigenvalue weighted by Gasteiger charge is -2.23. The fraction of sp³-hybridized carbons (Fsp3) is 0.333. The summed E-state index contributed by atoms with van der Waals surface area (Å²) in [6.07, 6.45) is 0. The molecule has 4 nitrogen and oxygen atoms in total. The summed E-state index contributed by atoms with van der Waals surface area (Å²) in [5.74, 6) is -0.725. The number of aryl methyl sites for hydroxylation is 1. The van der Waals surface area contributed by atoms with Crippen LogP contribution in [0.25, 0.3) is 0 Å². The van der Waals surface area contributed by atoms with Crippen molar-refractivity contribution in [1.29, 1.82) is 0 Å². The molecule has 1 atom stereocenters. The van der Waals surface area contributed by atoms with Crippen LogP contribution >= 0.6 is 11.8 Å². The van der Waals surface area contributed by atoms with E-state index in [4.69, 9.17) is 5.11 Å². The number of carbonyl (C=O) groups is 2. The van der Waals surface area contributed by atoms with Gasteiger partial charge in [-0.3, -0.25) is 9.59 Å². The third kappa shape index (κ3) is 2.44. The van der Waals surface area contributed by atoms with Crippen molar-refractivity contribution in [3.63, 3.8) is 0 Å². The van der Waals surface area contributed by atoms with Crippen LogP contribution < -0.4 is 0 Å². The van der Waals surface area contributed by atoms with Gasteiger partial charge < -0.3 is 10.0 Å². The Labute approximate surface area is 104 Å². The first-order chi connectivity index (χ1) is 8.09. The quantitative estimate of drug-likeness (QED) is 0.887. The Hall–Kier alpha value is -1.49. The average molecular weight is 251 g/mol. The minimum atomic E-state index is -0.973. The Balaban J connectivity index is 2.28. The number of thioether (sulfide) groups is 1. The predicted octanol–water partition coefficient (Wildman–Crippen LogP) is 1.65. The molecule has 0 unspecified atom stereocenters. The first-order valence-corrected chi connectivity index (χ1v) is 6.33. The molecule has 90 valence electrons. The number of nitrogens with zero attached hydrogens (tertiary/aromatic N) is 1. The van der Waals surface area contributed by atoms with E-state index in [1.807, 2.05) is 31.2 Å². The van der Waals surface area contributed by atoms with Gasteiger partial charge in [0.05, 0.1) is 5.75 Å². The highest BCUT2D eigenvalue weighted by Crippen LogP contribution is 2.39. The summed E-state index contributed by atoms with van der Waals surface area (Å²) in [5, 5.41) is 8.66. The Bertz CT molecular complexity index is 461. The molecule has 5 heteroatoms. The molecule has 0 aliphatic carbocycles. The van der Waals surface area contributed by atoms with Gasteiger partial charge >= 0.3 is 5.97 Å². The fourth-order valence-corrected chi connectivity index (χ4v) is 3.17. The Morgan fingerprint density at radius 3 is 2.88 bits per heavy atom. The molecule has 17 heavy (non-hydrogen) atoms.